The van der Waals surface area contributed by atoms with Gasteiger partial charge in [-0.05, 0) is 12.1 Å². The minimum absolute atomic E-state index is 0.619. The molecule has 0 spiro atoms. The number of hydrogen-bond acceptors (Lipinski definition) is 4. The van der Waals surface area contributed by atoms with Gasteiger partial charge in [-0.1, -0.05) is 0 Å². The molecule has 2 aromatic heterocycles. The van der Waals surface area contributed by atoms with E-state index in [1.807, 2.05) is 0 Å². The Morgan fingerprint density at radius 3 is 2.93 bits per heavy atom. The third kappa shape index (κ3) is 1.80. The molecule has 0 aliphatic rings. The normalized spacial score (nSPS) is 10.6. The van der Waals surface area contributed by atoms with Gasteiger partial charge in [0.1, 0.15) is 0 Å². The van der Waals surface area contributed by atoms with E-state index in [0.717, 1.165) is 29.8 Å². The molecule has 0 atom stereocenters. The van der Waals surface area contributed by atoms with Crippen molar-refractivity contribution in [1.29, 1.82) is 0 Å². The molecular formula is C8H12N6. The van der Waals surface area contributed by atoms with E-state index in [1.165, 1.54) is 0 Å². The van der Waals surface area contributed by atoms with Crippen LogP contribution in [0.4, 0.5) is 0 Å². The summed E-state index contributed by atoms with van der Waals surface area (Å²) in [4.78, 5) is 0. The van der Waals surface area contributed by atoms with E-state index < -0.39 is 0 Å². The highest BCUT2D eigenvalue weighted by Crippen LogP contribution is 2.09. The van der Waals surface area contributed by atoms with Crippen molar-refractivity contribution in [2.45, 2.75) is 12.8 Å². The minimum atomic E-state index is 0.619. The zero-order valence-corrected chi connectivity index (χ0v) is 7.70. The number of nitrogens with two attached hydrogens (primary N) is 1. The van der Waals surface area contributed by atoms with Crippen LogP contribution < -0.4 is 5.73 Å². The Morgan fingerprint density at radius 2 is 2.21 bits per heavy atom. The average Bonchev–Trinajstić information content (AvgIpc) is 2.80. The number of nitrogens with one attached hydrogen (secondary N) is 2. The molecule has 0 unspecified atom stereocenters. The SMILES string of the molecule is NCCc1[nH]ncc1Cc1cn[nH]n1. The van der Waals surface area contributed by atoms with Crippen molar-refractivity contribution in [2.24, 2.45) is 5.73 Å². The summed E-state index contributed by atoms with van der Waals surface area (Å²) in [5, 5.41) is 17.2. The molecule has 2 aromatic rings. The lowest BCUT2D eigenvalue weighted by atomic mass is 10.1. The maximum absolute atomic E-state index is 5.48. The van der Waals surface area contributed by atoms with Gasteiger partial charge in [0.05, 0.1) is 18.1 Å². The summed E-state index contributed by atoms with van der Waals surface area (Å²) in [5.41, 5.74) is 8.60. The molecule has 0 amide bonds. The molecule has 0 aliphatic carbocycles. The number of nitrogens with zero attached hydrogens (tertiary/aromatic N) is 3. The second kappa shape index (κ2) is 4.01. The van der Waals surface area contributed by atoms with Crippen LogP contribution in [0.5, 0.6) is 0 Å². The van der Waals surface area contributed by atoms with Crippen molar-refractivity contribution in [3.8, 4) is 0 Å². The summed E-state index contributed by atoms with van der Waals surface area (Å²) in [6, 6.07) is 0. The third-order valence-corrected chi connectivity index (χ3v) is 2.04. The fourth-order valence-corrected chi connectivity index (χ4v) is 1.36. The molecule has 0 radical (unpaired) electrons. The third-order valence-electron chi connectivity index (χ3n) is 2.04. The first-order valence-corrected chi connectivity index (χ1v) is 4.46. The van der Waals surface area contributed by atoms with E-state index in [4.69, 9.17) is 5.73 Å². The largest absolute Gasteiger partial charge is 0.330 e. The second-order valence-electron chi connectivity index (χ2n) is 3.05. The molecule has 4 N–H and O–H groups in total. The van der Waals surface area contributed by atoms with Crippen LogP contribution in [-0.2, 0) is 12.8 Å². The molecule has 14 heavy (non-hydrogen) atoms. The van der Waals surface area contributed by atoms with Gasteiger partial charge in [0.25, 0.3) is 0 Å². The lowest BCUT2D eigenvalue weighted by Gasteiger charge is -1.98. The Morgan fingerprint density at radius 1 is 1.29 bits per heavy atom. The predicted molar refractivity (Wildman–Crippen MR) is 50.5 cm³/mol. The van der Waals surface area contributed by atoms with E-state index in [9.17, 15) is 0 Å². The molecule has 0 aromatic carbocycles. The van der Waals surface area contributed by atoms with Crippen LogP contribution >= 0.6 is 0 Å². The van der Waals surface area contributed by atoms with Gasteiger partial charge in [0, 0.05) is 18.5 Å². The van der Waals surface area contributed by atoms with Crippen LogP contribution in [0.2, 0.25) is 0 Å². The molecule has 0 saturated carbocycles. The van der Waals surface area contributed by atoms with Gasteiger partial charge in [0.2, 0.25) is 0 Å². The highest BCUT2D eigenvalue weighted by molar-refractivity contribution is 5.21. The second-order valence-corrected chi connectivity index (χ2v) is 3.05. The summed E-state index contributed by atoms with van der Waals surface area (Å²) < 4.78 is 0. The fourth-order valence-electron chi connectivity index (χ4n) is 1.36. The Kier molecular flexibility index (Phi) is 2.55. The van der Waals surface area contributed by atoms with Crippen LogP contribution in [0.25, 0.3) is 0 Å². The van der Waals surface area contributed by atoms with Gasteiger partial charge in [-0.3, -0.25) is 5.10 Å². The molecule has 2 rings (SSSR count). The summed E-state index contributed by atoms with van der Waals surface area (Å²) in [5.74, 6) is 0. The molecule has 6 heteroatoms. The maximum atomic E-state index is 5.48. The Hall–Kier alpha value is -1.69. The molecule has 0 saturated heterocycles. The Balaban J connectivity index is 2.12. The summed E-state index contributed by atoms with van der Waals surface area (Å²) in [6.45, 7) is 0.619. The molecule has 0 bridgehead atoms. The molecule has 0 fully saturated rings. The van der Waals surface area contributed by atoms with E-state index in [2.05, 4.69) is 25.6 Å². The number of hydrogen-bond donors (Lipinski definition) is 3. The number of rotatable bonds is 4. The maximum Gasteiger partial charge on any atom is 0.0869 e. The van der Waals surface area contributed by atoms with Crippen molar-refractivity contribution < 1.29 is 0 Å². The molecule has 74 valence electrons. The summed E-state index contributed by atoms with van der Waals surface area (Å²) in [7, 11) is 0. The first kappa shape index (κ1) is 8.89. The number of H-pyrrole nitrogens is 2. The van der Waals surface area contributed by atoms with Gasteiger partial charge in [0.15, 0.2) is 0 Å². The average molecular weight is 192 g/mol. The molecule has 0 aliphatic heterocycles. The van der Waals surface area contributed by atoms with E-state index >= 15 is 0 Å². The first-order chi connectivity index (χ1) is 6.90. The van der Waals surface area contributed by atoms with Gasteiger partial charge in [-0.25, -0.2) is 0 Å². The number of aromatic amines is 2. The van der Waals surface area contributed by atoms with Crippen molar-refractivity contribution in [2.75, 3.05) is 6.54 Å². The van der Waals surface area contributed by atoms with Crippen molar-refractivity contribution >= 4 is 0 Å². The zero-order chi connectivity index (χ0) is 9.80. The monoisotopic (exact) mass is 192 g/mol. The smallest absolute Gasteiger partial charge is 0.0869 e. The van der Waals surface area contributed by atoms with E-state index in [-0.39, 0.29) is 0 Å². The van der Waals surface area contributed by atoms with Crippen molar-refractivity contribution in [1.82, 2.24) is 25.6 Å². The number of aromatic nitrogens is 5. The highest BCUT2D eigenvalue weighted by atomic mass is 15.3. The van der Waals surface area contributed by atoms with Crippen LogP contribution in [0.15, 0.2) is 12.4 Å². The lowest BCUT2D eigenvalue weighted by Crippen LogP contribution is -2.05. The van der Waals surface area contributed by atoms with E-state index in [0.29, 0.717) is 6.54 Å². The quantitative estimate of drug-likeness (QED) is 0.615. The summed E-state index contributed by atoms with van der Waals surface area (Å²) in [6.07, 6.45) is 5.06. The first-order valence-electron chi connectivity index (χ1n) is 4.46. The highest BCUT2D eigenvalue weighted by Gasteiger charge is 2.06. The topological polar surface area (TPSA) is 96.3 Å². The predicted octanol–water partition coefficient (Wildman–Crippen LogP) is -0.380. The fraction of sp³-hybridized carbons (Fsp3) is 0.375. The van der Waals surface area contributed by atoms with Crippen LogP contribution in [0.3, 0.4) is 0 Å². The van der Waals surface area contributed by atoms with Crippen LogP contribution in [-0.4, -0.2) is 32.2 Å². The van der Waals surface area contributed by atoms with Gasteiger partial charge in [-0.15, -0.1) is 0 Å². The summed E-state index contributed by atoms with van der Waals surface area (Å²) >= 11 is 0. The molecular weight excluding hydrogens is 180 g/mol. The molecule has 2 heterocycles. The van der Waals surface area contributed by atoms with Gasteiger partial charge < -0.3 is 5.73 Å². The van der Waals surface area contributed by atoms with Crippen LogP contribution in [0, 0.1) is 0 Å². The zero-order valence-electron chi connectivity index (χ0n) is 7.70. The van der Waals surface area contributed by atoms with Crippen LogP contribution in [0.1, 0.15) is 17.0 Å². The molecule has 6 nitrogen and oxygen atoms in total. The van der Waals surface area contributed by atoms with Gasteiger partial charge in [-0.2, -0.15) is 20.5 Å². The van der Waals surface area contributed by atoms with Crippen molar-refractivity contribution in [3.05, 3.63) is 29.3 Å². The Labute approximate surface area is 80.9 Å². The standard InChI is InChI=1S/C8H12N6/c9-2-1-8-6(4-10-13-8)3-7-5-11-14-12-7/h4-5H,1-3,9H2,(H,10,13)(H,11,12,14). The van der Waals surface area contributed by atoms with Crippen molar-refractivity contribution in [3.63, 3.8) is 0 Å². The van der Waals surface area contributed by atoms with E-state index in [1.54, 1.807) is 12.4 Å². The van der Waals surface area contributed by atoms with Gasteiger partial charge >= 0.3 is 0 Å². The Bertz CT molecular complexity index is 376. The lowest BCUT2D eigenvalue weighted by molar-refractivity contribution is 0.880. The minimum Gasteiger partial charge on any atom is -0.330 e.